The lowest BCUT2D eigenvalue weighted by Gasteiger charge is -2.27. The van der Waals surface area contributed by atoms with Gasteiger partial charge < -0.3 is 10.4 Å². The Balaban J connectivity index is 1.89. The summed E-state index contributed by atoms with van der Waals surface area (Å²) in [5, 5.41) is 11.8. The van der Waals surface area contributed by atoms with E-state index in [-0.39, 0.29) is 29.7 Å². The summed E-state index contributed by atoms with van der Waals surface area (Å²) in [6.07, 6.45) is -0.366. The molecular formula is C23H24N2O7S. The fourth-order valence-electron chi connectivity index (χ4n) is 3.60. The molecule has 2 aromatic carbocycles. The minimum atomic E-state index is -3.46. The Hall–Kier alpha value is -3.53. The Labute approximate surface area is 191 Å². The molecule has 33 heavy (non-hydrogen) atoms. The summed E-state index contributed by atoms with van der Waals surface area (Å²) in [6.45, 7) is 1.45. The van der Waals surface area contributed by atoms with E-state index >= 15 is 0 Å². The lowest BCUT2D eigenvalue weighted by Crippen LogP contribution is -2.54. The third-order valence-electron chi connectivity index (χ3n) is 5.48. The Morgan fingerprint density at radius 2 is 1.52 bits per heavy atom. The minimum Gasteiger partial charge on any atom is -0.480 e. The number of hydrogen-bond donors (Lipinski definition) is 2. The van der Waals surface area contributed by atoms with Crippen molar-refractivity contribution in [3.8, 4) is 0 Å². The second kappa shape index (κ2) is 9.95. The van der Waals surface area contributed by atoms with Crippen LogP contribution >= 0.6 is 0 Å². The number of nitrogens with zero attached hydrogens (tertiary/aromatic N) is 1. The molecule has 2 unspecified atom stereocenters. The maximum absolute atomic E-state index is 13.2. The molecule has 0 aromatic heterocycles. The van der Waals surface area contributed by atoms with Crippen molar-refractivity contribution in [2.75, 3.05) is 11.5 Å². The van der Waals surface area contributed by atoms with E-state index in [4.69, 9.17) is 0 Å². The summed E-state index contributed by atoms with van der Waals surface area (Å²) < 4.78 is 23.6. The number of imide groups is 1. The number of sulfone groups is 1. The predicted octanol–water partition coefficient (Wildman–Crippen LogP) is 1.29. The molecule has 9 nitrogen and oxygen atoms in total. The van der Waals surface area contributed by atoms with Gasteiger partial charge in [-0.2, -0.15) is 0 Å². The maximum Gasteiger partial charge on any atom is 0.326 e. The van der Waals surface area contributed by atoms with Gasteiger partial charge in [-0.05, 0) is 24.1 Å². The number of rotatable bonds is 10. The molecule has 0 fully saturated rings. The molecule has 3 amide bonds. The minimum absolute atomic E-state index is 0.0300. The van der Waals surface area contributed by atoms with Gasteiger partial charge in [0.2, 0.25) is 5.91 Å². The first-order valence-corrected chi connectivity index (χ1v) is 12.2. The van der Waals surface area contributed by atoms with Crippen molar-refractivity contribution in [3.63, 3.8) is 0 Å². The molecule has 2 aromatic rings. The molecule has 0 saturated heterocycles. The van der Waals surface area contributed by atoms with Gasteiger partial charge in [-0.1, -0.05) is 49.4 Å². The predicted molar refractivity (Wildman–Crippen MR) is 119 cm³/mol. The summed E-state index contributed by atoms with van der Waals surface area (Å²) in [6, 6.07) is 12.1. The number of carbonyl (C=O) groups excluding carboxylic acids is 3. The number of hydrogen-bond acceptors (Lipinski definition) is 6. The molecule has 2 atom stereocenters. The zero-order chi connectivity index (χ0) is 24.2. The number of carboxylic acids is 1. The second-order valence-corrected chi connectivity index (χ2v) is 10.1. The van der Waals surface area contributed by atoms with Crippen LogP contribution in [-0.4, -0.2) is 65.7 Å². The maximum atomic E-state index is 13.2. The highest BCUT2D eigenvalue weighted by Crippen LogP contribution is 2.26. The standard InChI is InChI=1S/C23H24N2O7S/c1-2-33(31,32)13-12-18(23(29)30)24-20(26)19(14-15-8-4-3-5-9-15)25-21(27)16-10-6-7-11-17(16)22(25)28/h3-11,18-19H,2,12-14H2,1H3,(H,24,26)(H,29,30). The van der Waals surface area contributed by atoms with E-state index in [9.17, 15) is 32.7 Å². The average molecular weight is 473 g/mol. The fraction of sp³-hybridized carbons (Fsp3) is 0.304. The van der Waals surface area contributed by atoms with E-state index in [1.807, 2.05) is 0 Å². The van der Waals surface area contributed by atoms with Gasteiger partial charge in [0.1, 0.15) is 21.9 Å². The third-order valence-corrected chi connectivity index (χ3v) is 7.22. The van der Waals surface area contributed by atoms with Crippen LogP contribution in [0.2, 0.25) is 0 Å². The SMILES string of the molecule is CCS(=O)(=O)CCC(NC(=O)C(Cc1ccccc1)N1C(=O)c2ccccc2C1=O)C(=O)O. The van der Waals surface area contributed by atoms with E-state index in [1.54, 1.807) is 42.5 Å². The summed E-state index contributed by atoms with van der Waals surface area (Å²) in [4.78, 5) is 51.7. The van der Waals surface area contributed by atoms with Crippen LogP contribution in [0, 0.1) is 0 Å². The molecular weight excluding hydrogens is 448 g/mol. The summed E-state index contributed by atoms with van der Waals surface area (Å²) >= 11 is 0. The van der Waals surface area contributed by atoms with Crippen LogP contribution in [-0.2, 0) is 25.8 Å². The van der Waals surface area contributed by atoms with Crippen LogP contribution < -0.4 is 5.32 Å². The van der Waals surface area contributed by atoms with Crippen LogP contribution in [0.25, 0.3) is 0 Å². The molecule has 1 aliphatic heterocycles. The van der Waals surface area contributed by atoms with Crippen molar-refractivity contribution in [3.05, 3.63) is 71.3 Å². The van der Waals surface area contributed by atoms with Crippen molar-refractivity contribution in [1.29, 1.82) is 0 Å². The molecule has 1 heterocycles. The summed E-state index contributed by atoms with van der Waals surface area (Å²) in [5.41, 5.74) is 0.990. The Kier molecular flexibility index (Phi) is 7.27. The number of carboxylic acid groups (broad SMARTS) is 1. The third kappa shape index (κ3) is 5.46. The van der Waals surface area contributed by atoms with Crippen molar-refractivity contribution in [2.24, 2.45) is 0 Å². The number of nitrogens with one attached hydrogen (secondary N) is 1. The molecule has 10 heteroatoms. The fourth-order valence-corrected chi connectivity index (χ4v) is 4.48. The van der Waals surface area contributed by atoms with Gasteiger partial charge in [0.25, 0.3) is 11.8 Å². The van der Waals surface area contributed by atoms with E-state index in [0.717, 1.165) is 4.90 Å². The average Bonchev–Trinajstić information content (AvgIpc) is 3.05. The van der Waals surface area contributed by atoms with E-state index < -0.39 is 51.4 Å². The van der Waals surface area contributed by atoms with Gasteiger partial charge >= 0.3 is 5.97 Å². The van der Waals surface area contributed by atoms with E-state index in [2.05, 4.69) is 5.32 Å². The molecule has 0 aliphatic carbocycles. The lowest BCUT2D eigenvalue weighted by atomic mass is 10.0. The smallest absolute Gasteiger partial charge is 0.326 e. The second-order valence-electron chi connectivity index (χ2n) is 7.66. The first-order chi connectivity index (χ1) is 15.6. The van der Waals surface area contributed by atoms with Gasteiger partial charge in [-0.15, -0.1) is 0 Å². The summed E-state index contributed by atoms with van der Waals surface area (Å²) in [5.74, 6) is -4.12. The van der Waals surface area contributed by atoms with E-state index in [0.29, 0.717) is 5.56 Å². The topological polar surface area (TPSA) is 138 Å². The number of aliphatic carboxylic acids is 1. The van der Waals surface area contributed by atoms with Crippen molar-refractivity contribution in [2.45, 2.75) is 31.8 Å². The number of amides is 3. The van der Waals surface area contributed by atoms with Crippen molar-refractivity contribution < 1.29 is 32.7 Å². The molecule has 1 aliphatic rings. The van der Waals surface area contributed by atoms with E-state index in [1.165, 1.54) is 19.1 Å². The highest BCUT2D eigenvalue weighted by Gasteiger charge is 2.43. The van der Waals surface area contributed by atoms with Crippen molar-refractivity contribution >= 4 is 33.5 Å². The number of fused-ring (bicyclic) bond motifs is 1. The molecule has 0 saturated carbocycles. The quantitative estimate of drug-likeness (QED) is 0.497. The Bertz CT molecular complexity index is 1140. The summed E-state index contributed by atoms with van der Waals surface area (Å²) in [7, 11) is -3.46. The van der Waals surface area contributed by atoms with Crippen LogP contribution in [0.3, 0.4) is 0 Å². The largest absolute Gasteiger partial charge is 0.480 e. The normalized spacial score (nSPS) is 15.1. The Morgan fingerprint density at radius 3 is 2.03 bits per heavy atom. The zero-order valence-electron chi connectivity index (χ0n) is 17.9. The number of carbonyl (C=O) groups is 4. The monoisotopic (exact) mass is 472 g/mol. The highest BCUT2D eigenvalue weighted by atomic mass is 32.2. The van der Waals surface area contributed by atoms with Crippen LogP contribution in [0.1, 0.15) is 39.6 Å². The molecule has 0 bridgehead atoms. The first-order valence-electron chi connectivity index (χ1n) is 10.4. The van der Waals surface area contributed by atoms with Crippen LogP contribution in [0.5, 0.6) is 0 Å². The van der Waals surface area contributed by atoms with Crippen molar-refractivity contribution in [1.82, 2.24) is 10.2 Å². The van der Waals surface area contributed by atoms with Gasteiger partial charge in [-0.3, -0.25) is 19.3 Å². The van der Waals surface area contributed by atoms with Gasteiger partial charge in [0.05, 0.1) is 16.9 Å². The van der Waals surface area contributed by atoms with Gasteiger partial charge in [0, 0.05) is 12.2 Å². The Morgan fingerprint density at radius 1 is 0.970 bits per heavy atom. The van der Waals surface area contributed by atoms with Crippen LogP contribution in [0.15, 0.2) is 54.6 Å². The first kappa shape index (κ1) is 24.1. The molecule has 3 rings (SSSR count). The molecule has 0 spiro atoms. The van der Waals surface area contributed by atoms with Gasteiger partial charge in [0.15, 0.2) is 0 Å². The molecule has 2 N–H and O–H groups in total. The molecule has 174 valence electrons. The van der Waals surface area contributed by atoms with Gasteiger partial charge in [-0.25, -0.2) is 13.2 Å². The molecule has 0 radical (unpaired) electrons. The lowest BCUT2D eigenvalue weighted by molar-refractivity contribution is -0.142. The zero-order valence-corrected chi connectivity index (χ0v) is 18.7. The highest BCUT2D eigenvalue weighted by molar-refractivity contribution is 7.91. The number of benzene rings is 2. The van der Waals surface area contributed by atoms with Crippen LogP contribution in [0.4, 0.5) is 0 Å².